The third-order valence-electron chi connectivity index (χ3n) is 3.25. The number of nitrogens with zero attached hydrogens (tertiary/aromatic N) is 1. The van der Waals surface area contributed by atoms with E-state index in [1.54, 1.807) is 11.3 Å². The molecule has 1 aliphatic rings. The van der Waals surface area contributed by atoms with Crippen LogP contribution in [0.5, 0.6) is 0 Å². The summed E-state index contributed by atoms with van der Waals surface area (Å²) in [6.07, 6.45) is 3.22. The Morgan fingerprint density at radius 3 is 2.86 bits per heavy atom. The molecule has 1 amide bonds. The molecule has 21 heavy (non-hydrogen) atoms. The fraction of sp³-hybridized carbons (Fsp3) is 0.375. The highest BCUT2D eigenvalue weighted by atomic mass is 32.1. The Morgan fingerprint density at radius 1 is 1.33 bits per heavy atom. The molecule has 0 atom stereocenters. The van der Waals surface area contributed by atoms with Crippen LogP contribution in [-0.2, 0) is 17.6 Å². The maximum absolute atomic E-state index is 11.3. The highest BCUT2D eigenvalue weighted by molar-refractivity contribution is 7.16. The summed E-state index contributed by atoms with van der Waals surface area (Å²) >= 11 is 1.56. The van der Waals surface area contributed by atoms with Crippen molar-refractivity contribution in [2.75, 3.05) is 11.9 Å². The summed E-state index contributed by atoms with van der Waals surface area (Å²) in [6.45, 7) is 3.99. The van der Waals surface area contributed by atoms with E-state index in [2.05, 4.69) is 28.5 Å². The van der Waals surface area contributed by atoms with Crippen molar-refractivity contribution in [1.29, 1.82) is 0 Å². The van der Waals surface area contributed by atoms with Gasteiger partial charge in [-0.3, -0.25) is 4.79 Å². The predicted octanol–water partition coefficient (Wildman–Crippen LogP) is 3.22. The number of nitrogens with one attached hydrogen (secondary N) is 1. The molecule has 0 saturated heterocycles. The minimum absolute atomic E-state index is 0.0131. The smallest absolute Gasteiger partial charge is 0.239 e. The van der Waals surface area contributed by atoms with Crippen LogP contribution in [0, 0.1) is 0 Å². The summed E-state index contributed by atoms with van der Waals surface area (Å²) in [5, 5.41) is 3.39. The number of hydrogen-bond donors (Lipinski definition) is 2. The maximum atomic E-state index is 11.3. The number of hydrogen-bond acceptors (Lipinski definition) is 4. The first-order valence-electron chi connectivity index (χ1n) is 7.36. The van der Waals surface area contributed by atoms with Crippen molar-refractivity contribution in [2.45, 2.75) is 33.1 Å². The van der Waals surface area contributed by atoms with Gasteiger partial charge < -0.3 is 11.1 Å². The number of rotatable bonds is 2. The van der Waals surface area contributed by atoms with E-state index in [9.17, 15) is 4.79 Å². The minimum Gasteiger partial charge on any atom is -0.322 e. The molecular weight excluding hydrogens is 282 g/mol. The summed E-state index contributed by atoms with van der Waals surface area (Å²) < 4.78 is 0. The molecule has 112 valence electrons. The summed E-state index contributed by atoms with van der Waals surface area (Å²) in [5.74, 6) is -0.197. The van der Waals surface area contributed by atoms with E-state index >= 15 is 0 Å². The number of thiazole rings is 1. The van der Waals surface area contributed by atoms with Crippen molar-refractivity contribution in [2.24, 2.45) is 5.73 Å². The first-order valence-corrected chi connectivity index (χ1v) is 8.17. The van der Waals surface area contributed by atoms with Crippen molar-refractivity contribution >= 4 is 22.4 Å². The summed E-state index contributed by atoms with van der Waals surface area (Å²) in [7, 11) is 0. The SMILES string of the molecule is CC.NCC(=O)Nc1nc2c(s1)CCCc1ccccc1-2. The summed E-state index contributed by atoms with van der Waals surface area (Å²) in [6, 6.07) is 8.36. The van der Waals surface area contributed by atoms with Gasteiger partial charge in [-0.2, -0.15) is 0 Å². The van der Waals surface area contributed by atoms with Gasteiger partial charge in [-0.05, 0) is 24.8 Å². The van der Waals surface area contributed by atoms with Crippen LogP contribution in [0.25, 0.3) is 11.3 Å². The van der Waals surface area contributed by atoms with Gasteiger partial charge in [0.05, 0.1) is 12.2 Å². The molecule has 0 unspecified atom stereocenters. The number of benzene rings is 1. The third-order valence-corrected chi connectivity index (χ3v) is 4.28. The Kier molecular flexibility index (Phi) is 5.47. The van der Waals surface area contributed by atoms with Gasteiger partial charge in [0.1, 0.15) is 0 Å². The van der Waals surface area contributed by atoms with Crippen LogP contribution in [0.4, 0.5) is 5.13 Å². The van der Waals surface area contributed by atoms with Crippen molar-refractivity contribution in [3.05, 3.63) is 34.7 Å². The van der Waals surface area contributed by atoms with Gasteiger partial charge in [0, 0.05) is 10.4 Å². The first-order chi connectivity index (χ1) is 10.3. The quantitative estimate of drug-likeness (QED) is 0.895. The average molecular weight is 303 g/mol. The number of anilines is 1. The zero-order chi connectivity index (χ0) is 15.2. The lowest BCUT2D eigenvalue weighted by Crippen LogP contribution is -2.21. The van der Waals surface area contributed by atoms with Crippen molar-refractivity contribution in [1.82, 2.24) is 4.98 Å². The molecule has 0 bridgehead atoms. The first kappa shape index (κ1) is 15.7. The van der Waals surface area contributed by atoms with Crippen LogP contribution in [-0.4, -0.2) is 17.4 Å². The molecule has 0 fully saturated rings. The van der Waals surface area contributed by atoms with Crippen LogP contribution in [0.15, 0.2) is 24.3 Å². The summed E-state index contributed by atoms with van der Waals surface area (Å²) in [5.41, 5.74) is 8.86. The van der Waals surface area contributed by atoms with Crippen LogP contribution in [0.3, 0.4) is 0 Å². The Hall–Kier alpha value is -1.72. The Bertz CT molecular complexity index is 622. The predicted molar refractivity (Wildman–Crippen MR) is 88.6 cm³/mol. The van der Waals surface area contributed by atoms with Crippen LogP contribution in [0.1, 0.15) is 30.7 Å². The van der Waals surface area contributed by atoms with Gasteiger partial charge in [0.15, 0.2) is 5.13 Å². The number of carbonyl (C=O) groups excluding carboxylic acids is 1. The van der Waals surface area contributed by atoms with Gasteiger partial charge in [-0.25, -0.2) is 4.98 Å². The number of fused-ring (bicyclic) bond motifs is 3. The van der Waals surface area contributed by atoms with Gasteiger partial charge in [0.25, 0.3) is 0 Å². The van der Waals surface area contributed by atoms with Crippen molar-refractivity contribution in [3.8, 4) is 11.3 Å². The molecule has 0 saturated carbocycles. The largest absolute Gasteiger partial charge is 0.322 e. The molecule has 4 nitrogen and oxygen atoms in total. The van der Waals surface area contributed by atoms with E-state index < -0.39 is 0 Å². The number of aromatic nitrogens is 1. The normalized spacial score (nSPS) is 12.3. The fourth-order valence-electron chi connectivity index (χ4n) is 2.36. The molecule has 0 spiro atoms. The van der Waals surface area contributed by atoms with Crippen LogP contribution in [0.2, 0.25) is 0 Å². The molecule has 0 radical (unpaired) electrons. The number of aryl methyl sites for hydroxylation is 2. The standard InChI is InChI=1S/C14H15N3OS.C2H6/c15-8-12(18)16-14-17-13-10-6-2-1-4-9(10)5-3-7-11(13)19-14;1-2/h1-2,4,6H,3,5,7-8,15H2,(H,16,17,18);1-2H3. The van der Waals surface area contributed by atoms with E-state index in [1.165, 1.54) is 16.0 Å². The topological polar surface area (TPSA) is 68.0 Å². The van der Waals surface area contributed by atoms with Gasteiger partial charge >= 0.3 is 0 Å². The van der Waals surface area contributed by atoms with Crippen molar-refractivity contribution < 1.29 is 4.79 Å². The molecule has 0 aliphatic heterocycles. The van der Waals surface area contributed by atoms with Gasteiger partial charge in [-0.1, -0.05) is 38.1 Å². The second kappa shape index (κ2) is 7.33. The van der Waals surface area contributed by atoms with E-state index in [-0.39, 0.29) is 12.5 Å². The molecule has 3 N–H and O–H groups in total. The van der Waals surface area contributed by atoms with Crippen LogP contribution >= 0.6 is 11.3 Å². The van der Waals surface area contributed by atoms with Gasteiger partial charge in [-0.15, -0.1) is 11.3 Å². The summed E-state index contributed by atoms with van der Waals surface area (Å²) in [4.78, 5) is 17.2. The van der Waals surface area contributed by atoms with E-state index in [4.69, 9.17) is 5.73 Å². The number of carbonyl (C=O) groups is 1. The lowest BCUT2D eigenvalue weighted by atomic mass is 10.0. The average Bonchev–Trinajstić information content (AvgIpc) is 2.84. The lowest BCUT2D eigenvalue weighted by molar-refractivity contribution is -0.114. The lowest BCUT2D eigenvalue weighted by Gasteiger charge is -2.03. The Morgan fingerprint density at radius 2 is 2.10 bits per heavy atom. The third kappa shape index (κ3) is 3.49. The van der Waals surface area contributed by atoms with E-state index in [0.29, 0.717) is 5.13 Å². The molecule has 3 rings (SSSR count). The monoisotopic (exact) mass is 303 g/mol. The van der Waals surface area contributed by atoms with Gasteiger partial charge in [0.2, 0.25) is 5.91 Å². The Balaban J connectivity index is 0.000000774. The minimum atomic E-state index is -0.197. The number of amides is 1. The fourth-order valence-corrected chi connectivity index (χ4v) is 3.40. The molecule has 1 aliphatic carbocycles. The molecule has 2 aromatic rings. The second-order valence-corrected chi connectivity index (χ2v) is 5.64. The molecule has 1 heterocycles. The Labute approximate surface area is 129 Å². The molecule has 1 aromatic carbocycles. The number of nitrogens with two attached hydrogens (primary N) is 1. The molecule has 1 aromatic heterocycles. The maximum Gasteiger partial charge on any atom is 0.239 e. The zero-order valence-corrected chi connectivity index (χ0v) is 13.3. The second-order valence-electron chi connectivity index (χ2n) is 4.55. The van der Waals surface area contributed by atoms with E-state index in [1.807, 2.05) is 19.9 Å². The van der Waals surface area contributed by atoms with Crippen LogP contribution < -0.4 is 11.1 Å². The zero-order valence-electron chi connectivity index (χ0n) is 12.5. The highest BCUT2D eigenvalue weighted by Crippen LogP contribution is 2.36. The van der Waals surface area contributed by atoms with E-state index in [0.717, 1.165) is 25.0 Å². The highest BCUT2D eigenvalue weighted by Gasteiger charge is 2.19. The van der Waals surface area contributed by atoms with Crippen molar-refractivity contribution in [3.63, 3.8) is 0 Å². The molecule has 5 heteroatoms. The molecular formula is C16H21N3OS.